The first-order chi connectivity index (χ1) is 16.4. The van der Waals surface area contributed by atoms with Crippen LogP contribution in [0.1, 0.15) is 60.9 Å². The zero-order valence-electron chi connectivity index (χ0n) is 19.6. The monoisotopic (exact) mass is 523 g/mol. The van der Waals surface area contributed by atoms with Crippen LogP contribution in [-0.4, -0.2) is 36.2 Å². The van der Waals surface area contributed by atoms with Crippen molar-refractivity contribution in [3.05, 3.63) is 46.5 Å². The lowest BCUT2D eigenvalue weighted by molar-refractivity contribution is 0.174. The molecule has 0 N–H and O–H groups in total. The summed E-state index contributed by atoms with van der Waals surface area (Å²) in [6.07, 6.45) is 5.05. The van der Waals surface area contributed by atoms with E-state index in [1.165, 1.54) is 11.1 Å². The highest BCUT2D eigenvalue weighted by Crippen LogP contribution is 2.59. The van der Waals surface area contributed by atoms with Gasteiger partial charge < -0.3 is 23.8 Å². The van der Waals surface area contributed by atoms with E-state index in [4.69, 9.17) is 53.8 Å². The van der Waals surface area contributed by atoms with Crippen molar-refractivity contribution in [2.24, 2.45) is 0 Å². The van der Waals surface area contributed by atoms with Crippen LogP contribution in [0.15, 0.2) is 24.3 Å². The molecule has 5 nitrogen and oxygen atoms in total. The van der Waals surface area contributed by atoms with Crippen molar-refractivity contribution in [1.29, 1.82) is 0 Å². The van der Waals surface area contributed by atoms with Crippen LogP contribution in [0.3, 0.4) is 0 Å². The normalized spacial score (nSPS) is 18.4. The third-order valence-electron chi connectivity index (χ3n) is 6.88. The predicted octanol–water partition coefficient (Wildman–Crippen LogP) is 7.16. The molecule has 0 amide bonds. The second kappa shape index (κ2) is 9.25. The van der Waals surface area contributed by atoms with E-state index in [9.17, 15) is 0 Å². The molecule has 2 aromatic rings. The van der Waals surface area contributed by atoms with Gasteiger partial charge in [0, 0.05) is 23.4 Å². The van der Waals surface area contributed by atoms with Crippen molar-refractivity contribution in [2.75, 3.05) is 27.6 Å². The number of ether oxygens (including phenoxy) is 4. The first-order valence-corrected chi connectivity index (χ1v) is 12.8. The molecule has 2 aromatic carbocycles. The Morgan fingerprint density at radius 1 is 1.03 bits per heavy atom. The van der Waals surface area contributed by atoms with E-state index in [2.05, 4.69) is 30.0 Å². The smallest absolute Gasteiger partial charge is 0.231 e. The fourth-order valence-electron chi connectivity index (χ4n) is 5.43. The molecule has 0 radical (unpaired) electrons. The Morgan fingerprint density at radius 3 is 2.47 bits per heavy atom. The number of hydrogen-bond acceptors (Lipinski definition) is 5. The molecule has 8 heteroatoms. The number of hydrogen-bond donors (Lipinski definition) is 0. The Morgan fingerprint density at radius 2 is 1.79 bits per heavy atom. The first kappa shape index (κ1) is 23.8. The highest BCUT2D eigenvalue weighted by molar-refractivity contribution is 6.68. The Kier molecular flexibility index (Phi) is 6.47. The van der Waals surface area contributed by atoms with E-state index in [-0.39, 0.29) is 6.79 Å². The molecule has 5 rings (SSSR count). The molecule has 3 aliphatic rings. The topological polar surface area (TPSA) is 40.2 Å². The molecule has 1 atom stereocenters. The summed E-state index contributed by atoms with van der Waals surface area (Å²) in [5.74, 6) is 2.78. The van der Waals surface area contributed by atoms with E-state index in [1.54, 1.807) is 14.2 Å². The number of alkyl halides is 3. The van der Waals surface area contributed by atoms with Crippen LogP contribution in [0.4, 0.5) is 0 Å². The van der Waals surface area contributed by atoms with Crippen molar-refractivity contribution in [3.63, 3.8) is 0 Å². The van der Waals surface area contributed by atoms with Crippen LogP contribution in [0, 0.1) is 0 Å². The minimum Gasteiger partial charge on any atom is -0.493 e. The minimum atomic E-state index is -1.59. The molecule has 0 aromatic heterocycles. The predicted molar refractivity (Wildman–Crippen MR) is 137 cm³/mol. The fourth-order valence-corrected chi connectivity index (χ4v) is 6.11. The molecule has 0 saturated heterocycles. The van der Waals surface area contributed by atoms with Crippen molar-refractivity contribution in [1.82, 2.24) is 4.90 Å². The summed E-state index contributed by atoms with van der Waals surface area (Å²) in [6, 6.07) is 7.65. The standard InChI is InChI=1S/C26H28Cl3NO4/c1-4-5-6-7-17-16-8-9-19(31-2)24(32-3)22(16)25(26(27,28)29)30-11-10-15-12-20-21(34-14-33-20)13-18(15)23(17)30/h8-9,12-13,25H,4-7,10-11,14H2,1-3H3/t25-/m0/s1. The van der Waals surface area contributed by atoms with Crippen LogP contribution >= 0.6 is 34.8 Å². The van der Waals surface area contributed by atoms with E-state index in [0.717, 1.165) is 66.0 Å². The third-order valence-corrected chi connectivity index (χ3v) is 7.50. The van der Waals surface area contributed by atoms with Gasteiger partial charge in [-0.15, -0.1) is 0 Å². The molecule has 0 aliphatic carbocycles. The number of methoxy groups -OCH3 is 2. The molecule has 0 spiro atoms. The van der Waals surface area contributed by atoms with Gasteiger partial charge in [0.2, 0.25) is 10.6 Å². The number of nitrogens with zero attached hydrogens (tertiary/aromatic N) is 1. The zero-order valence-corrected chi connectivity index (χ0v) is 21.8. The largest absolute Gasteiger partial charge is 0.493 e. The van der Waals surface area contributed by atoms with Crippen LogP contribution in [0.25, 0.3) is 11.3 Å². The Bertz CT molecular complexity index is 1140. The first-order valence-electron chi connectivity index (χ1n) is 11.6. The van der Waals surface area contributed by atoms with Crippen LogP contribution in [-0.2, 0) is 6.42 Å². The van der Waals surface area contributed by atoms with Crippen molar-refractivity contribution in [3.8, 4) is 23.0 Å². The van der Waals surface area contributed by atoms with Gasteiger partial charge in [-0.05, 0) is 54.2 Å². The van der Waals surface area contributed by atoms with Crippen LogP contribution in [0.2, 0.25) is 0 Å². The van der Waals surface area contributed by atoms with E-state index >= 15 is 0 Å². The van der Waals surface area contributed by atoms with Gasteiger partial charge in [-0.3, -0.25) is 0 Å². The number of halogens is 3. The zero-order chi connectivity index (χ0) is 24.0. The molecule has 34 heavy (non-hydrogen) atoms. The Balaban J connectivity index is 1.81. The van der Waals surface area contributed by atoms with Gasteiger partial charge in [0.1, 0.15) is 6.04 Å². The number of benzene rings is 2. The average Bonchev–Trinajstić information content (AvgIpc) is 3.27. The lowest BCUT2D eigenvalue weighted by Gasteiger charge is -2.47. The number of unbranched alkanes of at least 4 members (excludes halogenated alkanes) is 2. The van der Waals surface area contributed by atoms with E-state index in [0.29, 0.717) is 18.0 Å². The maximum Gasteiger partial charge on any atom is 0.231 e. The quantitative estimate of drug-likeness (QED) is 0.296. The van der Waals surface area contributed by atoms with Crippen molar-refractivity contribution < 1.29 is 18.9 Å². The molecule has 3 aliphatic heterocycles. The van der Waals surface area contributed by atoms with Gasteiger partial charge in [-0.25, -0.2) is 0 Å². The van der Waals surface area contributed by atoms with Gasteiger partial charge in [0.05, 0.1) is 14.2 Å². The summed E-state index contributed by atoms with van der Waals surface area (Å²) < 4.78 is 21.3. The van der Waals surface area contributed by atoms with Crippen LogP contribution < -0.4 is 18.9 Å². The summed E-state index contributed by atoms with van der Waals surface area (Å²) in [4.78, 5) is 2.24. The van der Waals surface area contributed by atoms with E-state index < -0.39 is 9.83 Å². The molecular formula is C26H28Cl3NO4. The van der Waals surface area contributed by atoms with Crippen molar-refractivity contribution >= 4 is 46.1 Å². The Hall–Kier alpha value is -1.95. The lowest BCUT2D eigenvalue weighted by atomic mass is 9.80. The maximum atomic E-state index is 6.70. The summed E-state index contributed by atoms with van der Waals surface area (Å²) in [7, 11) is 3.26. The molecule has 0 fully saturated rings. The average molecular weight is 525 g/mol. The number of fused-ring (bicyclic) bond motifs is 5. The van der Waals surface area contributed by atoms with E-state index in [1.807, 2.05) is 6.07 Å². The lowest BCUT2D eigenvalue weighted by Crippen LogP contribution is -2.42. The second-order valence-electron chi connectivity index (χ2n) is 8.80. The molecule has 0 saturated carbocycles. The Labute approximate surface area is 215 Å². The van der Waals surface area contributed by atoms with Gasteiger partial charge in [-0.1, -0.05) is 60.6 Å². The minimum absolute atomic E-state index is 0.237. The van der Waals surface area contributed by atoms with Crippen molar-refractivity contribution in [2.45, 2.75) is 48.9 Å². The van der Waals surface area contributed by atoms with Gasteiger partial charge in [-0.2, -0.15) is 0 Å². The summed E-state index contributed by atoms with van der Waals surface area (Å²) in [6.45, 7) is 3.15. The summed E-state index contributed by atoms with van der Waals surface area (Å²) >= 11 is 20.1. The number of rotatable bonds is 6. The van der Waals surface area contributed by atoms with Gasteiger partial charge in [0.15, 0.2) is 23.0 Å². The second-order valence-corrected chi connectivity index (χ2v) is 11.2. The SMILES string of the molecule is CCCCCC1=C2c3cc4c(cc3CCN2[C@H](C(Cl)(Cl)Cl)c2c1ccc(OC)c2OC)OCO4. The number of allylic oxidation sites excluding steroid dienone is 1. The molecule has 0 bridgehead atoms. The highest BCUT2D eigenvalue weighted by atomic mass is 35.6. The summed E-state index contributed by atoms with van der Waals surface area (Å²) in [5.41, 5.74) is 6.57. The van der Waals surface area contributed by atoms with Gasteiger partial charge >= 0.3 is 0 Å². The molecule has 3 heterocycles. The molecular weight excluding hydrogens is 497 g/mol. The van der Waals surface area contributed by atoms with Crippen LogP contribution in [0.5, 0.6) is 23.0 Å². The third kappa shape index (κ3) is 3.86. The maximum absolute atomic E-state index is 6.70. The van der Waals surface area contributed by atoms with Gasteiger partial charge in [0.25, 0.3) is 0 Å². The molecule has 0 unspecified atom stereocenters. The fraction of sp³-hybridized carbons (Fsp3) is 0.462. The summed E-state index contributed by atoms with van der Waals surface area (Å²) in [5, 5.41) is 0. The molecule has 182 valence electrons. The highest BCUT2D eigenvalue weighted by Gasteiger charge is 2.48.